The van der Waals surface area contributed by atoms with Crippen molar-refractivity contribution in [3.63, 3.8) is 0 Å². The molecule has 7 heteroatoms. The van der Waals surface area contributed by atoms with E-state index in [0.29, 0.717) is 0 Å². The third-order valence-electron chi connectivity index (χ3n) is 1.50. The predicted octanol–water partition coefficient (Wildman–Crippen LogP) is 3.83. The Hall–Kier alpha value is 0.153. The zero-order chi connectivity index (χ0) is 14.2. The van der Waals surface area contributed by atoms with Crippen LogP contribution in [0.3, 0.4) is 0 Å². The van der Waals surface area contributed by atoms with Crippen molar-refractivity contribution in [2.75, 3.05) is 5.75 Å². The van der Waals surface area contributed by atoms with Crippen molar-refractivity contribution in [2.24, 2.45) is 0 Å². The fourth-order valence-electron chi connectivity index (χ4n) is 0.918. The molecular formula is C12H13BrCuNO2SZn. The van der Waals surface area contributed by atoms with E-state index < -0.39 is 0 Å². The fourth-order valence-corrected chi connectivity index (χ4v) is 1.72. The van der Waals surface area contributed by atoms with Crippen molar-refractivity contribution in [3.8, 4) is 0 Å². The Bertz CT molecular complexity index is 328. The van der Waals surface area contributed by atoms with E-state index in [1.165, 1.54) is 28.2 Å². The van der Waals surface area contributed by atoms with Gasteiger partial charge in [0.05, 0.1) is 0 Å². The van der Waals surface area contributed by atoms with E-state index in [-0.39, 0.29) is 23.0 Å². The summed E-state index contributed by atoms with van der Waals surface area (Å²) in [6.07, 6.45) is 0.777. The zero-order valence-corrected chi connectivity index (χ0v) is 16.7. The van der Waals surface area contributed by atoms with Crippen LogP contribution < -0.4 is 0 Å². The molecule has 1 aromatic rings. The molecule has 0 N–H and O–H groups in total. The maximum atomic E-state index is 10.4. The predicted molar refractivity (Wildman–Crippen MR) is 71.7 cm³/mol. The van der Waals surface area contributed by atoms with Crippen LogP contribution in [0.15, 0.2) is 35.2 Å². The van der Waals surface area contributed by atoms with Crippen LogP contribution >= 0.6 is 25.4 Å². The van der Waals surface area contributed by atoms with Crippen LogP contribution in [0.5, 0.6) is 0 Å². The normalized spacial score (nSPS) is 7.68. The Kier molecular flexibility index (Phi) is 26.1. The number of esters is 1. The summed E-state index contributed by atoms with van der Waals surface area (Å²) in [6, 6.07) is 10.2. The Balaban J connectivity index is -0.000000467. The van der Waals surface area contributed by atoms with Crippen LogP contribution in [0, 0.1) is 18.4 Å². The first-order chi connectivity index (χ1) is 8.79. The first-order valence-corrected chi connectivity index (χ1v) is 12.9. The van der Waals surface area contributed by atoms with E-state index >= 15 is 0 Å². The number of halogens is 1. The number of hydrogen-bond donors (Lipinski definition) is 0. The fraction of sp³-hybridized carbons (Fsp3) is 0.250. The van der Waals surface area contributed by atoms with Gasteiger partial charge in [-0.1, -0.05) is 18.2 Å². The molecule has 0 saturated carbocycles. The summed E-state index contributed by atoms with van der Waals surface area (Å²) >= 11 is 6.00. The Morgan fingerprint density at radius 2 is 1.95 bits per heavy atom. The quantitative estimate of drug-likeness (QED) is 0.228. The second-order valence-electron chi connectivity index (χ2n) is 2.73. The number of carbonyl (C=O) groups excluding carboxylic acids is 1. The van der Waals surface area contributed by atoms with Crippen LogP contribution in [0.2, 0.25) is 0 Å². The molecule has 0 atom stereocenters. The number of thioether (sulfide) groups is 1. The molecule has 104 valence electrons. The number of nitrogens with zero attached hydrogens (tertiary/aromatic N) is 1. The third kappa shape index (κ3) is 18.2. The van der Waals surface area contributed by atoms with Gasteiger partial charge in [-0.25, -0.2) is 0 Å². The number of ether oxygens (including phenoxy) is 1. The number of hydrogen-bond acceptors (Lipinski definition) is 4. The maximum absolute atomic E-state index is 10.4. The van der Waals surface area contributed by atoms with Gasteiger partial charge < -0.3 is 16.6 Å². The number of benzene rings is 1. The van der Waals surface area contributed by atoms with Gasteiger partial charge in [0, 0.05) is 11.8 Å². The standard InChI is InChI=1S/C11H13O2S.CN.BrH.Cu.Zn/c1-10(12)13-8-5-9-14-11-6-3-2-4-7-11;1-2;;;/h2-4,6-8H,5,9H2,1H3;;1H;;/q2*-1;;+1;+2/p-1. The Morgan fingerprint density at radius 1 is 1.42 bits per heavy atom. The van der Waals surface area contributed by atoms with Gasteiger partial charge in [0.15, 0.2) is 0 Å². The molecule has 0 aliphatic heterocycles. The van der Waals surface area contributed by atoms with E-state index in [2.05, 4.69) is 25.8 Å². The van der Waals surface area contributed by atoms with Gasteiger partial charge in [0.2, 0.25) is 0 Å². The average molecular weight is 444 g/mol. The van der Waals surface area contributed by atoms with Crippen molar-refractivity contribution in [3.05, 3.63) is 43.5 Å². The zero-order valence-electron chi connectivity index (χ0n) is 10.4. The summed E-state index contributed by atoms with van der Waals surface area (Å²) in [7, 11) is 0. The second-order valence-corrected chi connectivity index (χ2v) is 3.89. The van der Waals surface area contributed by atoms with Gasteiger partial charge in [0.1, 0.15) is 0 Å². The van der Waals surface area contributed by atoms with Crippen LogP contribution in [-0.4, -0.2) is 11.7 Å². The molecule has 0 bridgehead atoms. The average Bonchev–Trinajstić information content (AvgIpc) is 2.44. The van der Waals surface area contributed by atoms with Gasteiger partial charge in [0.25, 0.3) is 5.97 Å². The summed E-state index contributed by atoms with van der Waals surface area (Å²) in [6.45, 7) is 7.71. The first-order valence-electron chi connectivity index (χ1n) is 4.95. The first kappa shape index (κ1) is 24.2. The molecule has 19 heavy (non-hydrogen) atoms. The summed E-state index contributed by atoms with van der Waals surface area (Å²) in [4.78, 5) is 11.7. The van der Waals surface area contributed by atoms with Crippen LogP contribution in [0.25, 0.3) is 0 Å². The van der Waals surface area contributed by atoms with E-state index in [9.17, 15) is 4.79 Å². The molecule has 0 spiro atoms. The molecule has 0 unspecified atom stereocenters. The Morgan fingerprint density at radius 3 is 2.42 bits per heavy atom. The molecule has 0 saturated heterocycles. The monoisotopic (exact) mass is 441 g/mol. The van der Waals surface area contributed by atoms with Crippen molar-refractivity contribution >= 4 is 31.4 Å². The topological polar surface area (TPSA) is 50.1 Å². The summed E-state index contributed by atoms with van der Waals surface area (Å²) in [5.74, 6) is 0.673. The molecule has 3 nitrogen and oxygen atoms in total. The second kappa shape index (κ2) is 20.5. The molecule has 1 rings (SSSR count). The van der Waals surface area contributed by atoms with Crippen molar-refractivity contribution in [1.82, 2.24) is 0 Å². The molecule has 0 fully saturated rings. The van der Waals surface area contributed by atoms with Gasteiger partial charge in [-0.3, -0.25) is 4.79 Å². The van der Waals surface area contributed by atoms with E-state index in [4.69, 9.17) is 16.6 Å². The van der Waals surface area contributed by atoms with E-state index in [1.807, 2.05) is 18.2 Å². The minimum absolute atomic E-state index is 0. The molecule has 0 amide bonds. The molecule has 0 aromatic heterocycles. The molecule has 0 aliphatic rings. The van der Waals surface area contributed by atoms with E-state index in [0.717, 1.165) is 12.2 Å². The van der Waals surface area contributed by atoms with Gasteiger partial charge in [-0.2, -0.15) is 6.61 Å². The molecule has 1 aromatic carbocycles. The molecular weight excluding hydrogens is 431 g/mol. The van der Waals surface area contributed by atoms with Crippen molar-refractivity contribution in [2.45, 2.75) is 18.2 Å². The number of carbonyl (C=O) groups is 1. The molecule has 0 heterocycles. The molecule has 0 aliphatic carbocycles. The minimum atomic E-state index is -0.255. The van der Waals surface area contributed by atoms with Gasteiger partial charge >= 0.3 is 47.0 Å². The van der Waals surface area contributed by atoms with Gasteiger partial charge in [-0.15, -0.1) is 18.2 Å². The van der Waals surface area contributed by atoms with Crippen molar-refractivity contribution < 1.29 is 42.9 Å². The summed E-state index contributed by atoms with van der Waals surface area (Å²) in [5, 5.41) is 6.25. The van der Waals surface area contributed by atoms with Crippen LogP contribution in [0.4, 0.5) is 0 Å². The van der Waals surface area contributed by atoms with Crippen molar-refractivity contribution in [1.29, 1.82) is 5.26 Å². The van der Waals surface area contributed by atoms with E-state index in [1.54, 1.807) is 18.4 Å². The SMILES string of the molecule is CC(=O)O[CH-]CCSc1ccccc1.[C-]#N.[Cu+].[Zn+][Br]. The Labute approximate surface area is 146 Å². The van der Waals surface area contributed by atoms with Crippen LogP contribution in [-0.2, 0) is 42.9 Å². The number of rotatable bonds is 5. The third-order valence-corrected chi connectivity index (χ3v) is 2.54. The van der Waals surface area contributed by atoms with Gasteiger partial charge in [-0.05, 0) is 17.9 Å². The summed E-state index contributed by atoms with van der Waals surface area (Å²) < 4.78 is 4.70. The van der Waals surface area contributed by atoms with Crippen LogP contribution in [0.1, 0.15) is 13.3 Å². The summed E-state index contributed by atoms with van der Waals surface area (Å²) in [5.41, 5.74) is 0. The molecule has 0 radical (unpaired) electrons.